The minimum atomic E-state index is -0.721. The number of piperazine rings is 1. The number of aromatic nitrogens is 4. The second-order valence-electron chi connectivity index (χ2n) is 26.2. The number of nitrogens with zero attached hydrogens (tertiary/aromatic N) is 9. The van der Waals surface area contributed by atoms with Gasteiger partial charge in [-0.3, -0.25) is 19.4 Å². The predicted molar refractivity (Wildman–Crippen MR) is 316 cm³/mol. The molecule has 1 amide bonds. The lowest BCUT2D eigenvalue weighted by Gasteiger charge is -2.58. The third kappa shape index (κ3) is 11.3. The molecule has 5 N–H and O–H groups in total. The molecule has 5 saturated heterocycles. The molecule has 2 aliphatic carbocycles. The molecule has 8 atom stereocenters. The van der Waals surface area contributed by atoms with Crippen molar-refractivity contribution in [3.05, 3.63) is 83.2 Å². The number of likely N-dealkylation sites (tertiary alicyclic amines) is 1. The molecule has 0 radical (unpaired) electrons. The van der Waals surface area contributed by atoms with Crippen LogP contribution in [0.2, 0.25) is 0 Å². The topological polar surface area (TPSA) is 203 Å². The maximum absolute atomic E-state index is 14.5. The van der Waals surface area contributed by atoms with E-state index in [0.717, 1.165) is 111 Å². The number of piperidine rings is 2. The fourth-order valence-corrected chi connectivity index (χ4v) is 16.6. The Kier molecular flexibility index (Phi) is 15.9. The summed E-state index contributed by atoms with van der Waals surface area (Å²) in [5.41, 5.74) is 13.9. The molecule has 3 unspecified atom stereocenters. The van der Waals surface area contributed by atoms with Crippen LogP contribution >= 0.6 is 11.3 Å². The van der Waals surface area contributed by atoms with E-state index in [1.54, 1.807) is 17.4 Å². The molecule has 5 aromatic rings. The maximum atomic E-state index is 14.5. The van der Waals surface area contributed by atoms with Crippen LogP contribution in [0, 0.1) is 36.0 Å². The van der Waals surface area contributed by atoms with Crippen molar-refractivity contribution in [3.63, 3.8) is 0 Å². The van der Waals surface area contributed by atoms with Crippen LogP contribution < -0.4 is 20.9 Å². The molecule has 5 aliphatic heterocycles. The summed E-state index contributed by atoms with van der Waals surface area (Å²) in [5, 5.41) is 37.8. The molecule has 434 valence electrons. The molecule has 3 aromatic heterocycles. The number of carbonyl (C=O) groups is 2. The number of phenolic OH excluding ortho intramolecular Hbond substituents is 1. The number of fused-ring (bicyclic) bond motifs is 2. The molecule has 81 heavy (non-hydrogen) atoms. The third-order valence-electron chi connectivity index (χ3n) is 20.4. The van der Waals surface area contributed by atoms with Gasteiger partial charge in [-0.25, -0.2) is 4.98 Å². The number of thiazole rings is 1. The van der Waals surface area contributed by atoms with Crippen LogP contribution in [0.5, 0.6) is 5.75 Å². The lowest BCUT2D eigenvalue weighted by Crippen LogP contribution is -2.68. The molecule has 7 aliphatic rings. The summed E-state index contributed by atoms with van der Waals surface area (Å²) >= 11 is 1.61. The molecule has 1 spiro atoms. The molecule has 2 aromatic carbocycles. The first-order chi connectivity index (χ1) is 39.0. The number of aromatic hydroxyl groups is 1. The molecule has 18 heteroatoms. The van der Waals surface area contributed by atoms with E-state index in [1.165, 1.54) is 38.8 Å². The summed E-state index contributed by atoms with van der Waals surface area (Å²) < 4.78 is 12.7. The minimum absolute atomic E-state index is 0.0568. The monoisotopic (exact) mass is 1120 g/mol. The van der Waals surface area contributed by atoms with E-state index in [0.29, 0.717) is 52.3 Å². The Labute approximate surface area is 482 Å². The number of nitrogens with one attached hydrogen (secondary N) is 1. The van der Waals surface area contributed by atoms with Crippen molar-refractivity contribution in [2.75, 3.05) is 81.0 Å². The molecule has 12 rings (SSSR count). The number of aryl methyl sites for hydroxylation is 1. The van der Waals surface area contributed by atoms with Gasteiger partial charge in [0.1, 0.15) is 17.3 Å². The zero-order valence-electron chi connectivity index (χ0n) is 48.4. The van der Waals surface area contributed by atoms with Gasteiger partial charge in [-0.05, 0) is 152 Å². The average molecular weight is 1120 g/mol. The standard InChI is InChI=1S/C63H85N11O6S/c1-38(2)57(58(77)49-27-47(75)28-50(49)61(78)66-39(3)42-11-13-43(14-12-42)59-40(4)65-37-81-59)54-30-56(69-80-54)71-21-17-41(18-22-71)33-70-23-19-63(20-24-70)31-46(32-63)72-25-26-79-55(36-72)62(5,6)74-44-15-16-45(74)35-73(34-44)52-29-51(67-68-60(52)64)48-9-7-8-10-53(48)76/h7-14,29-30,37-39,41,44-47,49-50,55,57,75-76H,15-28,31-36H2,1-6H3,(H2,64,68)(H,66,78)/t39-,44?,45?,47-,49?,50+,55-,57+/m0/s1. The molecule has 8 heterocycles. The number of nitrogen functional groups attached to an aromatic ring is 1. The quantitative estimate of drug-likeness (QED) is 0.0730. The first-order valence-corrected chi connectivity index (χ1v) is 31.2. The Bertz CT molecular complexity index is 3000. The van der Waals surface area contributed by atoms with E-state index in [-0.39, 0.29) is 53.9 Å². The van der Waals surface area contributed by atoms with E-state index in [2.05, 4.69) is 76.1 Å². The van der Waals surface area contributed by atoms with Crippen molar-refractivity contribution in [3.8, 4) is 27.4 Å². The smallest absolute Gasteiger partial charge is 0.224 e. The lowest BCUT2D eigenvalue weighted by molar-refractivity contribution is -0.144. The van der Waals surface area contributed by atoms with Crippen LogP contribution in [-0.4, -0.2) is 158 Å². The second-order valence-corrected chi connectivity index (χ2v) is 27.0. The fourth-order valence-electron chi connectivity index (χ4n) is 15.8. The highest BCUT2D eigenvalue weighted by Gasteiger charge is 2.54. The highest BCUT2D eigenvalue weighted by Crippen LogP contribution is 2.52. The largest absolute Gasteiger partial charge is 0.507 e. The van der Waals surface area contributed by atoms with Gasteiger partial charge in [0.15, 0.2) is 11.6 Å². The van der Waals surface area contributed by atoms with Crippen molar-refractivity contribution >= 4 is 40.4 Å². The van der Waals surface area contributed by atoms with Crippen molar-refractivity contribution in [1.82, 2.24) is 40.4 Å². The first kappa shape index (κ1) is 56.0. The van der Waals surface area contributed by atoms with Crippen LogP contribution in [-0.2, 0) is 14.3 Å². The number of amides is 1. The second kappa shape index (κ2) is 22.9. The Morgan fingerprint density at radius 3 is 2.28 bits per heavy atom. The lowest BCUT2D eigenvalue weighted by atomic mass is 9.60. The van der Waals surface area contributed by atoms with E-state index < -0.39 is 23.9 Å². The Balaban J connectivity index is 0.588. The summed E-state index contributed by atoms with van der Waals surface area (Å²) in [6.07, 6.45) is 9.57. The van der Waals surface area contributed by atoms with E-state index in [9.17, 15) is 19.8 Å². The van der Waals surface area contributed by atoms with Crippen LogP contribution in [0.3, 0.4) is 0 Å². The summed E-state index contributed by atoms with van der Waals surface area (Å²) in [7, 11) is 0. The van der Waals surface area contributed by atoms with Gasteiger partial charge in [0, 0.05) is 87.0 Å². The Hall–Kier alpha value is -5.50. The van der Waals surface area contributed by atoms with Crippen molar-refractivity contribution in [1.29, 1.82) is 0 Å². The molecule has 7 fully saturated rings. The van der Waals surface area contributed by atoms with E-state index in [4.69, 9.17) is 15.0 Å². The number of hydrogen-bond donors (Lipinski definition) is 4. The highest BCUT2D eigenvalue weighted by molar-refractivity contribution is 7.13. The van der Waals surface area contributed by atoms with Gasteiger partial charge >= 0.3 is 0 Å². The molecule has 2 bridgehead atoms. The summed E-state index contributed by atoms with van der Waals surface area (Å²) in [6.45, 7) is 22.6. The number of aliphatic hydroxyl groups excluding tert-OH is 1. The number of rotatable bonds is 16. The van der Waals surface area contributed by atoms with Gasteiger partial charge in [0.25, 0.3) is 0 Å². The number of nitrogens with two attached hydrogens (primary N) is 1. The SMILES string of the molecule is Cc1ncsc1-c1ccc([C@H](C)NC(=O)[C@@H]2C[C@@H](O)CC2C(=O)[C@@H](c2cc(N3CCC(CN4CCC5(CC4)CC(N4CCO[C@H](C(C)(C)N6C7CCC6CN(c6cc(-c8ccccc8O)nnc6N)C7)C4)C5)CC3)no2)C(C)C)cc1. The number of Topliss-reactive ketones (excluding diaryl/α,β-unsaturated/α-hetero) is 1. The zero-order valence-corrected chi connectivity index (χ0v) is 49.2. The Morgan fingerprint density at radius 1 is 0.877 bits per heavy atom. The van der Waals surface area contributed by atoms with Crippen molar-refractivity contribution in [2.45, 2.75) is 154 Å². The van der Waals surface area contributed by atoms with Crippen LogP contribution in [0.4, 0.5) is 17.3 Å². The van der Waals surface area contributed by atoms with Gasteiger partial charge in [0.05, 0.1) is 64.2 Å². The number of benzene rings is 2. The normalized spacial score (nSPS) is 26.8. The van der Waals surface area contributed by atoms with Gasteiger partial charge in [0.2, 0.25) is 5.91 Å². The molecule has 17 nitrogen and oxygen atoms in total. The predicted octanol–water partition coefficient (Wildman–Crippen LogP) is 8.72. The number of ether oxygens (including phenoxy) is 1. The number of para-hydroxylation sites is 1. The van der Waals surface area contributed by atoms with Crippen molar-refractivity contribution < 1.29 is 29.1 Å². The molecular formula is C63H85N11O6S. The van der Waals surface area contributed by atoms with Crippen LogP contribution in [0.1, 0.15) is 128 Å². The van der Waals surface area contributed by atoms with E-state index >= 15 is 0 Å². The van der Waals surface area contributed by atoms with Gasteiger partial charge in [-0.15, -0.1) is 21.5 Å². The van der Waals surface area contributed by atoms with Crippen LogP contribution in [0.25, 0.3) is 21.7 Å². The highest BCUT2D eigenvalue weighted by atomic mass is 32.1. The van der Waals surface area contributed by atoms with Gasteiger partial charge in [-0.1, -0.05) is 55.4 Å². The first-order valence-electron chi connectivity index (χ1n) is 30.3. The number of carbonyl (C=O) groups excluding carboxylic acids is 2. The van der Waals surface area contributed by atoms with Crippen molar-refractivity contribution in [2.24, 2.45) is 29.1 Å². The number of anilines is 3. The summed E-state index contributed by atoms with van der Waals surface area (Å²) in [6, 6.07) is 20.5. The number of ketones is 1. The maximum Gasteiger partial charge on any atom is 0.224 e. The molecular weight excluding hydrogens is 1040 g/mol. The molecule has 2 saturated carbocycles. The summed E-state index contributed by atoms with van der Waals surface area (Å²) in [5.74, 6) is 0.418. The fraction of sp³-hybridized carbons (Fsp3) is 0.619. The van der Waals surface area contributed by atoms with E-state index in [1.807, 2.05) is 75.7 Å². The van der Waals surface area contributed by atoms with Gasteiger partial charge < -0.3 is 45.2 Å². The number of morpholine rings is 1. The Morgan fingerprint density at radius 2 is 1.59 bits per heavy atom. The minimum Gasteiger partial charge on any atom is -0.507 e. The third-order valence-corrected chi connectivity index (χ3v) is 21.4. The number of aliphatic hydroxyl groups is 1. The number of hydrogen-bond acceptors (Lipinski definition) is 17. The number of phenols is 1. The average Bonchev–Trinajstić information content (AvgIpc) is 4.37. The van der Waals surface area contributed by atoms with Gasteiger partial charge in [-0.2, -0.15) is 0 Å². The zero-order chi connectivity index (χ0) is 56.3. The van der Waals surface area contributed by atoms with Crippen LogP contribution in [0.15, 0.2) is 70.7 Å². The summed E-state index contributed by atoms with van der Waals surface area (Å²) in [4.78, 5) is 46.9.